The number of hydrogen-bond donors (Lipinski definition) is 0. The first-order chi connectivity index (χ1) is 15.5. The topological polar surface area (TPSA) is 57.5 Å². The summed E-state index contributed by atoms with van der Waals surface area (Å²) < 4.78 is 12.2. The standard InChI is InChI=1S/C26H18ClNO4/c1-28-20-14-18(27)9-10-19(20)24(17-5-3-2-4-6-17)25(26(28)30)21(29)11-7-16-8-12-22-23(13-16)32-15-31-22/h2-14H,15H2,1H3/b11-7+. The molecule has 0 N–H and O–H groups in total. The van der Waals surface area contributed by atoms with E-state index in [9.17, 15) is 9.59 Å². The first kappa shape index (κ1) is 20.1. The van der Waals surface area contributed by atoms with Gasteiger partial charge in [0.25, 0.3) is 5.56 Å². The molecule has 0 saturated carbocycles. The molecule has 0 saturated heterocycles. The molecule has 0 atom stereocenters. The van der Waals surface area contributed by atoms with Crippen molar-refractivity contribution in [1.82, 2.24) is 4.57 Å². The molecule has 158 valence electrons. The van der Waals surface area contributed by atoms with E-state index in [0.29, 0.717) is 27.6 Å². The number of nitrogens with zero attached hydrogens (tertiary/aromatic N) is 1. The minimum Gasteiger partial charge on any atom is -0.454 e. The zero-order valence-corrected chi connectivity index (χ0v) is 17.9. The summed E-state index contributed by atoms with van der Waals surface area (Å²) in [6.45, 7) is 0.180. The molecule has 0 spiro atoms. The number of ketones is 1. The molecule has 0 unspecified atom stereocenters. The predicted octanol–water partition coefficient (Wildman–Crippen LogP) is 5.48. The lowest BCUT2D eigenvalue weighted by Crippen LogP contribution is -2.25. The van der Waals surface area contributed by atoms with E-state index in [1.165, 1.54) is 10.6 Å². The highest BCUT2D eigenvalue weighted by Gasteiger charge is 2.21. The Hall–Kier alpha value is -3.83. The molecular weight excluding hydrogens is 426 g/mol. The van der Waals surface area contributed by atoms with Gasteiger partial charge >= 0.3 is 0 Å². The van der Waals surface area contributed by atoms with Crippen molar-refractivity contribution in [2.45, 2.75) is 0 Å². The van der Waals surface area contributed by atoms with Crippen molar-refractivity contribution in [2.24, 2.45) is 7.05 Å². The van der Waals surface area contributed by atoms with E-state index >= 15 is 0 Å². The fourth-order valence-electron chi connectivity index (χ4n) is 3.92. The van der Waals surface area contributed by atoms with Crippen LogP contribution in [0.3, 0.4) is 0 Å². The van der Waals surface area contributed by atoms with E-state index in [2.05, 4.69) is 0 Å². The largest absolute Gasteiger partial charge is 0.454 e. The van der Waals surface area contributed by atoms with Crippen LogP contribution in [0.4, 0.5) is 0 Å². The molecule has 0 amide bonds. The van der Waals surface area contributed by atoms with Gasteiger partial charge in [0, 0.05) is 23.0 Å². The Morgan fingerprint density at radius 1 is 1.00 bits per heavy atom. The van der Waals surface area contributed by atoms with Gasteiger partial charge in [0.05, 0.1) is 11.1 Å². The zero-order chi connectivity index (χ0) is 22.2. The van der Waals surface area contributed by atoms with Crippen molar-refractivity contribution in [1.29, 1.82) is 0 Å². The molecule has 0 radical (unpaired) electrons. The molecule has 5 nitrogen and oxygen atoms in total. The highest BCUT2D eigenvalue weighted by atomic mass is 35.5. The van der Waals surface area contributed by atoms with Gasteiger partial charge in [-0.15, -0.1) is 0 Å². The third kappa shape index (κ3) is 3.47. The lowest BCUT2D eigenvalue weighted by Gasteiger charge is -2.15. The van der Waals surface area contributed by atoms with Crippen LogP contribution in [-0.2, 0) is 7.05 Å². The van der Waals surface area contributed by atoms with E-state index in [4.69, 9.17) is 21.1 Å². The molecule has 3 aromatic carbocycles. The number of hydrogen-bond acceptors (Lipinski definition) is 4. The van der Waals surface area contributed by atoms with Crippen molar-refractivity contribution in [2.75, 3.05) is 6.79 Å². The average Bonchev–Trinajstić information content (AvgIpc) is 3.28. The van der Waals surface area contributed by atoms with Gasteiger partial charge in [0.2, 0.25) is 6.79 Å². The number of carbonyl (C=O) groups is 1. The van der Waals surface area contributed by atoms with Crippen molar-refractivity contribution in [3.05, 3.63) is 99.3 Å². The Labute approximate surface area is 189 Å². The number of rotatable bonds is 4. The lowest BCUT2D eigenvalue weighted by molar-refractivity contribution is 0.104. The summed E-state index contributed by atoms with van der Waals surface area (Å²) in [5, 5.41) is 1.30. The second-order valence-electron chi connectivity index (χ2n) is 7.45. The summed E-state index contributed by atoms with van der Waals surface area (Å²) in [4.78, 5) is 26.7. The molecule has 1 aliphatic rings. The quantitative estimate of drug-likeness (QED) is 0.309. The Morgan fingerprint density at radius 2 is 1.78 bits per heavy atom. The van der Waals surface area contributed by atoms with Crippen molar-refractivity contribution < 1.29 is 14.3 Å². The Kier molecular flexibility index (Phi) is 5.04. The van der Waals surface area contributed by atoms with Crippen molar-refractivity contribution >= 4 is 34.4 Å². The predicted molar refractivity (Wildman–Crippen MR) is 126 cm³/mol. The first-order valence-electron chi connectivity index (χ1n) is 10.0. The average molecular weight is 444 g/mol. The number of allylic oxidation sites excluding steroid dienone is 1. The van der Waals surface area contributed by atoms with Crippen LogP contribution in [0.1, 0.15) is 15.9 Å². The monoisotopic (exact) mass is 443 g/mol. The highest BCUT2D eigenvalue weighted by molar-refractivity contribution is 6.31. The molecule has 0 fully saturated rings. The van der Waals surface area contributed by atoms with Gasteiger partial charge in [-0.1, -0.05) is 60.1 Å². The SMILES string of the molecule is Cn1c(=O)c(C(=O)/C=C/c2ccc3c(c2)OCO3)c(-c2ccccc2)c2ccc(Cl)cc21. The van der Waals surface area contributed by atoms with Crippen LogP contribution in [0.25, 0.3) is 28.1 Å². The summed E-state index contributed by atoms with van der Waals surface area (Å²) in [6.07, 6.45) is 3.09. The maximum atomic E-state index is 13.3. The van der Waals surface area contributed by atoms with Crippen LogP contribution < -0.4 is 15.0 Å². The van der Waals surface area contributed by atoms with Gasteiger partial charge in [-0.2, -0.15) is 0 Å². The van der Waals surface area contributed by atoms with Crippen LogP contribution in [0, 0.1) is 0 Å². The number of aromatic nitrogens is 1. The molecule has 1 aromatic heterocycles. The van der Waals surface area contributed by atoms with Gasteiger partial charge < -0.3 is 14.0 Å². The van der Waals surface area contributed by atoms with E-state index in [1.54, 1.807) is 37.4 Å². The molecule has 0 aliphatic carbocycles. The number of pyridine rings is 1. The number of aryl methyl sites for hydroxylation is 1. The lowest BCUT2D eigenvalue weighted by atomic mass is 9.93. The van der Waals surface area contributed by atoms with E-state index in [0.717, 1.165) is 16.5 Å². The van der Waals surface area contributed by atoms with Crippen molar-refractivity contribution in [3.63, 3.8) is 0 Å². The van der Waals surface area contributed by atoms with Crippen LogP contribution in [0.2, 0.25) is 5.02 Å². The maximum absolute atomic E-state index is 13.3. The third-order valence-electron chi connectivity index (χ3n) is 5.49. The Morgan fingerprint density at radius 3 is 2.59 bits per heavy atom. The number of halogens is 1. The second-order valence-corrected chi connectivity index (χ2v) is 7.89. The number of ether oxygens (including phenoxy) is 2. The van der Waals surface area contributed by atoms with Gasteiger partial charge in [0.15, 0.2) is 17.3 Å². The summed E-state index contributed by atoms with van der Waals surface area (Å²) in [5.74, 6) is 0.920. The summed E-state index contributed by atoms with van der Waals surface area (Å²) >= 11 is 6.19. The normalized spacial score (nSPS) is 12.6. The van der Waals surface area contributed by atoms with Gasteiger partial charge in [0.1, 0.15) is 0 Å². The number of benzene rings is 3. The summed E-state index contributed by atoms with van der Waals surface area (Å²) in [5.41, 5.74) is 2.56. The molecule has 0 bridgehead atoms. The fourth-order valence-corrected chi connectivity index (χ4v) is 4.08. The molecular formula is C26H18ClNO4. The van der Waals surface area contributed by atoms with Crippen LogP contribution >= 0.6 is 11.6 Å². The van der Waals surface area contributed by atoms with E-state index < -0.39 is 0 Å². The van der Waals surface area contributed by atoms with E-state index in [1.807, 2.05) is 42.5 Å². The van der Waals surface area contributed by atoms with Gasteiger partial charge in [-0.3, -0.25) is 9.59 Å². The van der Waals surface area contributed by atoms with Gasteiger partial charge in [-0.05, 0) is 41.5 Å². The smallest absolute Gasteiger partial charge is 0.262 e. The number of carbonyl (C=O) groups excluding carboxylic acids is 1. The third-order valence-corrected chi connectivity index (χ3v) is 5.73. The second kappa shape index (κ2) is 8.02. The summed E-state index contributed by atoms with van der Waals surface area (Å²) in [7, 11) is 1.65. The van der Waals surface area contributed by atoms with Crippen LogP contribution in [-0.4, -0.2) is 17.1 Å². The minimum atomic E-state index is -0.376. The molecule has 4 aromatic rings. The Bertz CT molecular complexity index is 1450. The fraction of sp³-hybridized carbons (Fsp3) is 0.0769. The molecule has 32 heavy (non-hydrogen) atoms. The zero-order valence-electron chi connectivity index (χ0n) is 17.2. The molecule has 5 rings (SSSR count). The summed E-state index contributed by atoms with van der Waals surface area (Å²) in [6, 6.07) is 20.2. The van der Waals surface area contributed by atoms with Crippen molar-refractivity contribution in [3.8, 4) is 22.6 Å². The first-order valence-corrected chi connectivity index (χ1v) is 10.4. The Balaban J connectivity index is 1.67. The van der Waals surface area contributed by atoms with Gasteiger partial charge in [-0.25, -0.2) is 0 Å². The minimum absolute atomic E-state index is 0.116. The molecule has 6 heteroatoms. The highest BCUT2D eigenvalue weighted by Crippen LogP contribution is 2.34. The van der Waals surface area contributed by atoms with E-state index in [-0.39, 0.29) is 23.7 Å². The maximum Gasteiger partial charge on any atom is 0.262 e. The number of fused-ring (bicyclic) bond motifs is 2. The molecule has 2 heterocycles. The van der Waals surface area contributed by atoms with Crippen LogP contribution in [0.15, 0.2) is 77.6 Å². The molecule has 1 aliphatic heterocycles. The van der Waals surface area contributed by atoms with Crippen LogP contribution in [0.5, 0.6) is 11.5 Å².